The van der Waals surface area contributed by atoms with E-state index in [1.54, 1.807) is 0 Å². The van der Waals surface area contributed by atoms with Crippen molar-refractivity contribution < 1.29 is 5.11 Å². The van der Waals surface area contributed by atoms with Crippen LogP contribution in [0.4, 0.5) is 0 Å². The van der Waals surface area contributed by atoms with E-state index in [0.717, 1.165) is 12.8 Å². The Bertz CT molecular complexity index is 27.3. The standard InChI is InChI=1S/C5H10ClO/c6-4-2-1-3-5-7/h1,7H,2-5H2. The Hall–Kier alpha value is 0.250. The normalized spacial score (nSPS) is 9.43. The molecule has 0 rings (SSSR count). The Labute approximate surface area is 49.3 Å². The fraction of sp³-hybridized carbons (Fsp3) is 0.800. The first-order chi connectivity index (χ1) is 3.41. The van der Waals surface area contributed by atoms with Crippen LogP contribution in [0, 0.1) is 6.42 Å². The third-order valence-electron chi connectivity index (χ3n) is 0.646. The molecule has 0 aliphatic rings. The largest absolute Gasteiger partial charge is 0.396 e. The minimum Gasteiger partial charge on any atom is -0.396 e. The van der Waals surface area contributed by atoms with Crippen LogP contribution in [0.2, 0.25) is 0 Å². The van der Waals surface area contributed by atoms with Crippen molar-refractivity contribution in [3.63, 3.8) is 0 Å². The maximum absolute atomic E-state index is 8.22. The van der Waals surface area contributed by atoms with Gasteiger partial charge in [0.05, 0.1) is 0 Å². The van der Waals surface area contributed by atoms with Crippen LogP contribution in [0.15, 0.2) is 0 Å². The van der Waals surface area contributed by atoms with Gasteiger partial charge in [0.1, 0.15) is 0 Å². The van der Waals surface area contributed by atoms with Crippen LogP contribution < -0.4 is 0 Å². The maximum atomic E-state index is 8.22. The van der Waals surface area contributed by atoms with Gasteiger partial charge in [0.15, 0.2) is 0 Å². The Morgan fingerprint density at radius 1 is 1.43 bits per heavy atom. The summed E-state index contributed by atoms with van der Waals surface area (Å²) in [7, 11) is 0. The van der Waals surface area contributed by atoms with Crippen molar-refractivity contribution in [2.75, 3.05) is 12.5 Å². The molecule has 0 aromatic heterocycles. The van der Waals surface area contributed by atoms with Crippen LogP contribution in [0.25, 0.3) is 0 Å². The number of hydrogen-bond donors (Lipinski definition) is 1. The summed E-state index contributed by atoms with van der Waals surface area (Å²) in [6, 6.07) is 0. The van der Waals surface area contributed by atoms with Crippen molar-refractivity contribution >= 4 is 11.6 Å². The van der Waals surface area contributed by atoms with Gasteiger partial charge < -0.3 is 5.11 Å². The van der Waals surface area contributed by atoms with E-state index in [1.165, 1.54) is 0 Å². The minimum atomic E-state index is 0.247. The zero-order valence-electron chi connectivity index (χ0n) is 4.23. The molecule has 7 heavy (non-hydrogen) atoms. The minimum absolute atomic E-state index is 0.247. The van der Waals surface area contributed by atoms with Crippen LogP contribution in [-0.4, -0.2) is 17.6 Å². The van der Waals surface area contributed by atoms with Gasteiger partial charge in [-0.05, 0) is 19.3 Å². The smallest absolute Gasteiger partial charge is 0.0433 e. The number of rotatable bonds is 4. The summed E-state index contributed by atoms with van der Waals surface area (Å²) >= 11 is 5.32. The van der Waals surface area contributed by atoms with Gasteiger partial charge >= 0.3 is 0 Å². The van der Waals surface area contributed by atoms with E-state index in [1.807, 2.05) is 6.42 Å². The van der Waals surface area contributed by atoms with Gasteiger partial charge in [-0.15, -0.1) is 11.6 Å². The fourth-order valence-electron chi connectivity index (χ4n) is 0.313. The summed E-state index contributed by atoms with van der Waals surface area (Å²) in [6.07, 6.45) is 3.65. The highest BCUT2D eigenvalue weighted by Crippen LogP contribution is 1.92. The van der Waals surface area contributed by atoms with Gasteiger partial charge in [-0.3, -0.25) is 0 Å². The number of hydrogen-bond acceptors (Lipinski definition) is 1. The highest BCUT2D eigenvalue weighted by Gasteiger charge is 1.82. The van der Waals surface area contributed by atoms with Gasteiger partial charge in [0, 0.05) is 12.5 Å². The quantitative estimate of drug-likeness (QED) is 0.438. The number of halogens is 1. The number of alkyl halides is 1. The molecular formula is C5H10ClO. The van der Waals surface area contributed by atoms with E-state index in [9.17, 15) is 0 Å². The summed E-state index contributed by atoms with van der Waals surface area (Å²) in [5.74, 6) is 0.667. The average Bonchev–Trinajstić information content (AvgIpc) is 1.69. The molecule has 0 unspecified atom stereocenters. The molecule has 2 heteroatoms. The van der Waals surface area contributed by atoms with E-state index in [4.69, 9.17) is 16.7 Å². The first kappa shape index (κ1) is 7.25. The van der Waals surface area contributed by atoms with Gasteiger partial charge in [0.25, 0.3) is 0 Å². The van der Waals surface area contributed by atoms with Crippen molar-refractivity contribution in [1.29, 1.82) is 0 Å². The highest BCUT2D eigenvalue weighted by molar-refractivity contribution is 6.17. The summed E-state index contributed by atoms with van der Waals surface area (Å²) < 4.78 is 0. The topological polar surface area (TPSA) is 20.2 Å². The molecule has 0 aromatic carbocycles. The third kappa shape index (κ3) is 6.25. The van der Waals surface area contributed by atoms with Crippen molar-refractivity contribution in [3.8, 4) is 0 Å². The van der Waals surface area contributed by atoms with Crippen LogP contribution in [0.5, 0.6) is 0 Å². The number of unbranched alkanes of at least 4 members (excludes halogenated alkanes) is 2. The van der Waals surface area contributed by atoms with Gasteiger partial charge in [-0.25, -0.2) is 0 Å². The molecule has 1 radical (unpaired) electrons. The lowest BCUT2D eigenvalue weighted by Crippen LogP contribution is -1.83. The second-order valence-electron chi connectivity index (χ2n) is 1.28. The molecule has 0 amide bonds. The van der Waals surface area contributed by atoms with E-state index < -0.39 is 0 Å². The molecule has 0 spiro atoms. The highest BCUT2D eigenvalue weighted by atomic mass is 35.5. The lowest BCUT2D eigenvalue weighted by atomic mass is 10.3. The maximum Gasteiger partial charge on any atom is 0.0433 e. The second kappa shape index (κ2) is 6.25. The van der Waals surface area contributed by atoms with Gasteiger partial charge in [-0.2, -0.15) is 0 Å². The van der Waals surface area contributed by atoms with Gasteiger partial charge in [0.2, 0.25) is 0 Å². The molecule has 0 atom stereocenters. The third-order valence-corrected chi connectivity index (χ3v) is 0.865. The molecular weight excluding hydrogens is 112 g/mol. The zero-order valence-corrected chi connectivity index (χ0v) is 4.99. The molecule has 0 bridgehead atoms. The Kier molecular flexibility index (Phi) is 6.47. The molecule has 0 saturated carbocycles. The average molecular weight is 122 g/mol. The predicted molar refractivity (Wildman–Crippen MR) is 31.3 cm³/mol. The summed E-state index contributed by atoms with van der Waals surface area (Å²) in [4.78, 5) is 0. The molecule has 43 valence electrons. The van der Waals surface area contributed by atoms with Crippen LogP contribution >= 0.6 is 11.6 Å². The SMILES string of the molecule is OCC[CH]CCCl. The molecule has 1 nitrogen and oxygen atoms in total. The molecule has 0 aromatic rings. The fourth-order valence-corrected chi connectivity index (χ4v) is 0.467. The van der Waals surface area contributed by atoms with Crippen LogP contribution in [0.3, 0.4) is 0 Å². The van der Waals surface area contributed by atoms with Crippen molar-refractivity contribution in [2.45, 2.75) is 12.8 Å². The van der Waals surface area contributed by atoms with Crippen molar-refractivity contribution in [3.05, 3.63) is 6.42 Å². The molecule has 0 aliphatic carbocycles. The van der Waals surface area contributed by atoms with E-state index >= 15 is 0 Å². The van der Waals surface area contributed by atoms with Crippen LogP contribution in [-0.2, 0) is 0 Å². The monoisotopic (exact) mass is 121 g/mol. The number of aliphatic hydroxyl groups is 1. The van der Waals surface area contributed by atoms with E-state index in [2.05, 4.69) is 0 Å². The summed E-state index contributed by atoms with van der Waals surface area (Å²) in [5.41, 5.74) is 0. The van der Waals surface area contributed by atoms with Gasteiger partial charge in [-0.1, -0.05) is 0 Å². The first-order valence-electron chi connectivity index (χ1n) is 2.40. The molecule has 0 aliphatic heterocycles. The van der Waals surface area contributed by atoms with Crippen molar-refractivity contribution in [1.82, 2.24) is 0 Å². The van der Waals surface area contributed by atoms with Crippen LogP contribution in [0.1, 0.15) is 12.8 Å². The lowest BCUT2D eigenvalue weighted by molar-refractivity contribution is 0.297. The molecule has 0 saturated heterocycles. The Morgan fingerprint density at radius 2 is 2.14 bits per heavy atom. The predicted octanol–water partition coefficient (Wildman–Crippen LogP) is 1.20. The number of aliphatic hydroxyl groups excluding tert-OH is 1. The Morgan fingerprint density at radius 3 is 2.57 bits per heavy atom. The zero-order chi connectivity index (χ0) is 5.54. The molecule has 0 heterocycles. The Balaban J connectivity index is 2.45. The summed E-state index contributed by atoms with van der Waals surface area (Å²) in [5, 5.41) is 8.22. The summed E-state index contributed by atoms with van der Waals surface area (Å²) in [6.45, 7) is 0.247. The van der Waals surface area contributed by atoms with E-state index in [0.29, 0.717) is 5.88 Å². The first-order valence-corrected chi connectivity index (χ1v) is 2.93. The molecule has 0 fully saturated rings. The lowest BCUT2D eigenvalue weighted by Gasteiger charge is -1.88. The second-order valence-corrected chi connectivity index (χ2v) is 1.66. The van der Waals surface area contributed by atoms with E-state index in [-0.39, 0.29) is 6.61 Å². The molecule has 1 N–H and O–H groups in total. The van der Waals surface area contributed by atoms with Crippen molar-refractivity contribution in [2.24, 2.45) is 0 Å².